The van der Waals surface area contributed by atoms with Gasteiger partial charge in [-0.25, -0.2) is 0 Å². The fourth-order valence-corrected chi connectivity index (χ4v) is 1.80. The molecule has 0 aliphatic rings. The van der Waals surface area contributed by atoms with E-state index in [2.05, 4.69) is 5.32 Å². The average Bonchev–Trinajstić information content (AvgIpc) is 2.38. The van der Waals surface area contributed by atoms with E-state index < -0.39 is 24.7 Å². The van der Waals surface area contributed by atoms with E-state index in [0.29, 0.717) is 11.4 Å². The van der Waals surface area contributed by atoms with Crippen LogP contribution in [0, 0.1) is 5.92 Å². The summed E-state index contributed by atoms with van der Waals surface area (Å²) in [7, 11) is 1.49. The fourth-order valence-electron chi connectivity index (χ4n) is 1.80. The van der Waals surface area contributed by atoms with Gasteiger partial charge in [0.05, 0.1) is 7.11 Å². The van der Waals surface area contributed by atoms with Crippen LogP contribution in [0.5, 0.6) is 5.75 Å². The number of hydrogen-bond donors (Lipinski definition) is 2. The highest BCUT2D eigenvalue weighted by molar-refractivity contribution is 5.47. The van der Waals surface area contributed by atoms with Crippen LogP contribution in [0.3, 0.4) is 0 Å². The lowest BCUT2D eigenvalue weighted by Gasteiger charge is -2.28. The van der Waals surface area contributed by atoms with Crippen molar-refractivity contribution in [1.82, 2.24) is 0 Å². The molecule has 0 aliphatic heterocycles. The van der Waals surface area contributed by atoms with E-state index in [1.54, 1.807) is 19.1 Å². The van der Waals surface area contributed by atoms with Gasteiger partial charge >= 0.3 is 6.18 Å². The first-order valence-corrected chi connectivity index (χ1v) is 6.00. The lowest BCUT2D eigenvalue weighted by molar-refractivity contribution is -0.156. The van der Waals surface area contributed by atoms with Crippen molar-refractivity contribution >= 4 is 5.69 Å². The molecule has 108 valence electrons. The second-order valence-electron chi connectivity index (χ2n) is 4.24. The molecule has 3 nitrogen and oxygen atoms in total. The highest BCUT2D eigenvalue weighted by Crippen LogP contribution is 2.30. The Hall–Kier alpha value is -1.43. The molecule has 0 aliphatic carbocycles. The minimum Gasteiger partial charge on any atom is -0.497 e. The highest BCUT2D eigenvalue weighted by Gasteiger charge is 2.43. The molecule has 0 radical (unpaired) electrons. The maximum atomic E-state index is 13.0. The lowest BCUT2D eigenvalue weighted by atomic mass is 9.97. The summed E-state index contributed by atoms with van der Waals surface area (Å²) in [6, 6.07) is 4.42. The van der Waals surface area contributed by atoms with Gasteiger partial charge in [0.25, 0.3) is 0 Å². The predicted octanol–water partition coefficient (Wildman–Crippen LogP) is 3.06. The molecule has 1 aromatic rings. The molecule has 1 aromatic carbocycles. The summed E-state index contributed by atoms with van der Waals surface area (Å²) < 4.78 is 43.9. The molecule has 1 rings (SSSR count). The molecule has 2 atom stereocenters. The normalized spacial score (nSPS) is 14.8. The van der Waals surface area contributed by atoms with Gasteiger partial charge in [-0.15, -0.1) is 0 Å². The number of benzene rings is 1. The molecular formula is C13H18F3NO2. The van der Waals surface area contributed by atoms with Gasteiger partial charge in [0.1, 0.15) is 11.8 Å². The largest absolute Gasteiger partial charge is 0.497 e. The van der Waals surface area contributed by atoms with Gasteiger partial charge in [0.2, 0.25) is 0 Å². The van der Waals surface area contributed by atoms with Crippen molar-refractivity contribution in [2.45, 2.75) is 25.6 Å². The van der Waals surface area contributed by atoms with Crippen LogP contribution in [0.1, 0.15) is 13.3 Å². The summed E-state index contributed by atoms with van der Waals surface area (Å²) in [6.45, 7) is 1.11. The van der Waals surface area contributed by atoms with Crippen LogP contribution >= 0.6 is 0 Å². The summed E-state index contributed by atoms with van der Waals surface area (Å²) in [6.07, 6.45) is -4.17. The summed E-state index contributed by atoms with van der Waals surface area (Å²) in [5.74, 6) is -0.301. The third-order valence-electron chi connectivity index (χ3n) is 3.00. The third-order valence-corrected chi connectivity index (χ3v) is 3.00. The first-order valence-electron chi connectivity index (χ1n) is 6.00. The number of methoxy groups -OCH3 is 1. The summed E-state index contributed by atoms with van der Waals surface area (Å²) in [5.41, 5.74) is 0.343. The Bertz CT molecular complexity index is 374. The van der Waals surface area contributed by atoms with Crippen LogP contribution < -0.4 is 10.1 Å². The number of ether oxygens (including phenoxy) is 1. The molecule has 19 heavy (non-hydrogen) atoms. The molecule has 0 heterocycles. The zero-order valence-electron chi connectivity index (χ0n) is 10.9. The van der Waals surface area contributed by atoms with E-state index in [0.717, 1.165) is 0 Å². The Morgan fingerprint density at radius 3 is 2.21 bits per heavy atom. The maximum absolute atomic E-state index is 13.0. The Morgan fingerprint density at radius 1 is 1.26 bits per heavy atom. The van der Waals surface area contributed by atoms with Gasteiger partial charge < -0.3 is 15.2 Å². The van der Waals surface area contributed by atoms with Crippen LogP contribution in [0.2, 0.25) is 0 Å². The Kier molecular flexibility index (Phi) is 5.47. The van der Waals surface area contributed by atoms with Crippen LogP contribution in [0.25, 0.3) is 0 Å². The lowest BCUT2D eigenvalue weighted by Crippen LogP contribution is -2.43. The molecule has 0 saturated carbocycles. The summed E-state index contributed by atoms with van der Waals surface area (Å²) >= 11 is 0. The number of halogens is 3. The van der Waals surface area contributed by atoms with Gasteiger partial charge in [-0.1, -0.05) is 6.92 Å². The van der Waals surface area contributed by atoms with E-state index in [9.17, 15) is 13.2 Å². The topological polar surface area (TPSA) is 41.5 Å². The number of alkyl halides is 3. The molecule has 0 spiro atoms. The molecule has 0 bridgehead atoms. The van der Waals surface area contributed by atoms with Gasteiger partial charge in [0.15, 0.2) is 0 Å². The SMILES string of the molecule is CC[C@H](CO)[C@H](Nc1ccc(OC)cc1)C(F)(F)F. The Morgan fingerprint density at radius 2 is 1.84 bits per heavy atom. The molecule has 0 fully saturated rings. The van der Waals surface area contributed by atoms with Crippen LogP contribution in [0.15, 0.2) is 24.3 Å². The van der Waals surface area contributed by atoms with Crippen LogP contribution in [-0.2, 0) is 0 Å². The van der Waals surface area contributed by atoms with Crippen molar-refractivity contribution in [2.75, 3.05) is 19.0 Å². The molecule has 6 heteroatoms. The minimum absolute atomic E-state index is 0.240. The first kappa shape index (κ1) is 15.6. The van der Waals surface area contributed by atoms with Crippen molar-refractivity contribution in [3.05, 3.63) is 24.3 Å². The second kappa shape index (κ2) is 6.65. The molecular weight excluding hydrogens is 259 g/mol. The van der Waals surface area contributed by atoms with E-state index in [1.165, 1.54) is 19.2 Å². The molecule has 2 N–H and O–H groups in total. The van der Waals surface area contributed by atoms with Crippen molar-refractivity contribution in [3.63, 3.8) is 0 Å². The third kappa shape index (κ3) is 4.31. The van der Waals surface area contributed by atoms with Crippen molar-refractivity contribution in [2.24, 2.45) is 5.92 Å². The van der Waals surface area contributed by atoms with Gasteiger partial charge in [-0.3, -0.25) is 0 Å². The molecule has 0 unspecified atom stereocenters. The van der Waals surface area contributed by atoms with Crippen LogP contribution in [0.4, 0.5) is 18.9 Å². The quantitative estimate of drug-likeness (QED) is 0.839. The van der Waals surface area contributed by atoms with Crippen molar-refractivity contribution in [1.29, 1.82) is 0 Å². The fraction of sp³-hybridized carbons (Fsp3) is 0.538. The first-order chi connectivity index (χ1) is 8.92. The predicted molar refractivity (Wildman–Crippen MR) is 67.3 cm³/mol. The monoisotopic (exact) mass is 277 g/mol. The number of rotatable bonds is 6. The smallest absolute Gasteiger partial charge is 0.408 e. The Labute approximate surface area is 110 Å². The molecule has 0 saturated heterocycles. The number of anilines is 1. The second-order valence-corrected chi connectivity index (χ2v) is 4.24. The maximum Gasteiger partial charge on any atom is 0.408 e. The zero-order valence-corrected chi connectivity index (χ0v) is 10.9. The van der Waals surface area contributed by atoms with Crippen molar-refractivity contribution in [3.8, 4) is 5.75 Å². The minimum atomic E-state index is -4.41. The van der Waals surface area contributed by atoms with E-state index >= 15 is 0 Å². The average molecular weight is 277 g/mol. The summed E-state index contributed by atoms with van der Waals surface area (Å²) in [4.78, 5) is 0. The van der Waals surface area contributed by atoms with Gasteiger partial charge in [-0.2, -0.15) is 13.2 Å². The number of aliphatic hydroxyl groups excluding tert-OH is 1. The highest BCUT2D eigenvalue weighted by atomic mass is 19.4. The molecule has 0 aromatic heterocycles. The molecule has 0 amide bonds. The standard InChI is InChI=1S/C13H18F3NO2/c1-3-9(8-18)12(13(14,15)16)17-10-4-6-11(19-2)7-5-10/h4-7,9,12,17-18H,3,8H2,1-2H3/t9-,12+/m1/s1. The number of nitrogens with one attached hydrogen (secondary N) is 1. The number of hydrogen-bond acceptors (Lipinski definition) is 3. The van der Waals surface area contributed by atoms with Gasteiger partial charge in [-0.05, 0) is 30.7 Å². The zero-order chi connectivity index (χ0) is 14.5. The van der Waals surface area contributed by atoms with Crippen LogP contribution in [-0.4, -0.2) is 31.0 Å². The van der Waals surface area contributed by atoms with E-state index in [-0.39, 0.29) is 6.42 Å². The van der Waals surface area contributed by atoms with E-state index in [4.69, 9.17) is 9.84 Å². The van der Waals surface area contributed by atoms with Gasteiger partial charge in [0, 0.05) is 18.2 Å². The van der Waals surface area contributed by atoms with E-state index in [1.807, 2.05) is 0 Å². The Balaban J connectivity index is 2.87. The summed E-state index contributed by atoms with van der Waals surface area (Å²) in [5, 5.41) is 11.5. The van der Waals surface area contributed by atoms with Crippen molar-refractivity contribution < 1.29 is 23.0 Å². The number of aliphatic hydroxyl groups is 1.